The van der Waals surface area contributed by atoms with Crippen molar-refractivity contribution >= 4 is 11.9 Å². The summed E-state index contributed by atoms with van der Waals surface area (Å²) in [4.78, 5) is 15.4. The lowest BCUT2D eigenvalue weighted by atomic mass is 10.4. The molecule has 0 rings (SSSR count). The second kappa shape index (κ2) is 10.8. The van der Waals surface area contributed by atoms with Crippen molar-refractivity contribution in [3.63, 3.8) is 0 Å². The highest BCUT2D eigenvalue weighted by Gasteiger charge is 2.06. The van der Waals surface area contributed by atoms with Gasteiger partial charge in [-0.15, -0.1) is 0 Å². The van der Waals surface area contributed by atoms with E-state index in [0.29, 0.717) is 25.7 Å². The Morgan fingerprint density at radius 2 is 2.00 bits per heavy atom. The van der Waals surface area contributed by atoms with Crippen LogP contribution >= 0.6 is 0 Å². The molecule has 18 heavy (non-hydrogen) atoms. The van der Waals surface area contributed by atoms with E-state index < -0.39 is 0 Å². The van der Waals surface area contributed by atoms with E-state index in [4.69, 9.17) is 9.47 Å². The topological polar surface area (TPSA) is 84.0 Å². The number of carbonyl (C=O) groups is 1. The summed E-state index contributed by atoms with van der Waals surface area (Å²) in [6.45, 7) is 3.71. The molecule has 1 unspecified atom stereocenters. The van der Waals surface area contributed by atoms with Crippen LogP contribution in [0.15, 0.2) is 4.99 Å². The van der Waals surface area contributed by atoms with Gasteiger partial charge in [0.1, 0.15) is 0 Å². The Morgan fingerprint density at radius 1 is 1.28 bits per heavy atom. The summed E-state index contributed by atoms with van der Waals surface area (Å²) in [5, 5.41) is 8.72. The molecule has 106 valence electrons. The van der Waals surface area contributed by atoms with Gasteiger partial charge in [0.25, 0.3) is 0 Å². The van der Waals surface area contributed by atoms with E-state index >= 15 is 0 Å². The lowest BCUT2D eigenvalue weighted by Crippen LogP contribution is -2.47. The number of hydrogen-bond acceptors (Lipinski definition) is 4. The Balaban J connectivity index is 3.83. The number of carbonyl (C=O) groups excluding carboxylic acids is 1. The van der Waals surface area contributed by atoms with Crippen molar-refractivity contribution in [3.05, 3.63) is 0 Å². The maximum absolute atomic E-state index is 11.4. The fourth-order valence-electron chi connectivity index (χ4n) is 1.24. The van der Waals surface area contributed by atoms with Gasteiger partial charge >= 0.3 is 0 Å². The molecule has 0 saturated carbocycles. The van der Waals surface area contributed by atoms with Crippen LogP contribution in [0.3, 0.4) is 0 Å². The average Bonchev–Trinajstić information content (AvgIpc) is 2.35. The molecule has 0 spiro atoms. The first kappa shape index (κ1) is 16.7. The van der Waals surface area contributed by atoms with Crippen molar-refractivity contribution in [1.82, 2.24) is 16.0 Å². The summed E-state index contributed by atoms with van der Waals surface area (Å²) in [5.74, 6) is 0.468. The van der Waals surface area contributed by atoms with E-state index in [1.807, 2.05) is 6.92 Å². The number of nitrogens with zero attached hydrogens (tertiary/aromatic N) is 1. The Labute approximate surface area is 108 Å². The van der Waals surface area contributed by atoms with Gasteiger partial charge in [-0.05, 0) is 6.92 Å². The fourth-order valence-corrected chi connectivity index (χ4v) is 1.24. The standard InChI is InChI=1S/C11H24N4O3/c1-9(8-18-4)15-11(12-2)14-7-10(16)13-5-6-17-3/h9H,5-8H2,1-4H3,(H,13,16)(H2,12,14,15). The number of methoxy groups -OCH3 is 2. The Bertz CT molecular complexity index is 259. The Kier molecular flexibility index (Phi) is 9.99. The molecule has 3 N–H and O–H groups in total. The molecule has 0 saturated heterocycles. The van der Waals surface area contributed by atoms with Crippen molar-refractivity contribution in [2.75, 3.05) is 47.6 Å². The van der Waals surface area contributed by atoms with Gasteiger partial charge in [0.2, 0.25) is 5.91 Å². The minimum absolute atomic E-state index is 0.102. The van der Waals surface area contributed by atoms with Crippen LogP contribution in [0.25, 0.3) is 0 Å². The molecule has 1 atom stereocenters. The molecule has 0 fully saturated rings. The third-order valence-electron chi connectivity index (χ3n) is 2.07. The summed E-state index contributed by atoms with van der Waals surface area (Å²) in [7, 11) is 4.88. The summed E-state index contributed by atoms with van der Waals surface area (Å²) in [6.07, 6.45) is 0. The molecule has 0 aromatic heterocycles. The molecule has 1 amide bonds. The number of rotatable bonds is 8. The summed E-state index contributed by atoms with van der Waals surface area (Å²) in [6, 6.07) is 0.123. The first-order valence-corrected chi connectivity index (χ1v) is 5.85. The van der Waals surface area contributed by atoms with E-state index in [-0.39, 0.29) is 18.5 Å². The maximum atomic E-state index is 11.4. The van der Waals surface area contributed by atoms with E-state index in [0.717, 1.165) is 0 Å². The van der Waals surface area contributed by atoms with E-state index in [2.05, 4.69) is 20.9 Å². The Morgan fingerprint density at radius 3 is 2.56 bits per heavy atom. The molecule has 7 heteroatoms. The Hall–Kier alpha value is -1.34. The number of aliphatic imine (C=N–C) groups is 1. The van der Waals surface area contributed by atoms with Gasteiger partial charge < -0.3 is 25.4 Å². The summed E-state index contributed by atoms with van der Waals surface area (Å²) >= 11 is 0. The van der Waals surface area contributed by atoms with Gasteiger partial charge in [-0.1, -0.05) is 0 Å². The fraction of sp³-hybridized carbons (Fsp3) is 0.818. The van der Waals surface area contributed by atoms with Crippen LogP contribution < -0.4 is 16.0 Å². The lowest BCUT2D eigenvalue weighted by molar-refractivity contribution is -0.120. The van der Waals surface area contributed by atoms with Crippen LogP contribution in [0.5, 0.6) is 0 Å². The SMILES string of the molecule is CN=C(NCC(=O)NCCOC)NC(C)COC. The monoisotopic (exact) mass is 260 g/mol. The molecule has 0 aliphatic carbocycles. The highest BCUT2D eigenvalue weighted by atomic mass is 16.5. The molecule has 0 radical (unpaired) electrons. The lowest BCUT2D eigenvalue weighted by Gasteiger charge is -2.16. The number of hydrogen-bond donors (Lipinski definition) is 3. The average molecular weight is 260 g/mol. The smallest absolute Gasteiger partial charge is 0.239 e. The molecule has 0 aliphatic heterocycles. The van der Waals surface area contributed by atoms with Crippen LogP contribution in [-0.4, -0.2) is 65.5 Å². The van der Waals surface area contributed by atoms with Crippen molar-refractivity contribution in [2.45, 2.75) is 13.0 Å². The third-order valence-corrected chi connectivity index (χ3v) is 2.07. The van der Waals surface area contributed by atoms with E-state index in [1.54, 1.807) is 21.3 Å². The van der Waals surface area contributed by atoms with Gasteiger partial charge in [0.15, 0.2) is 5.96 Å². The van der Waals surface area contributed by atoms with Crippen molar-refractivity contribution in [2.24, 2.45) is 4.99 Å². The second-order valence-corrected chi connectivity index (χ2v) is 3.77. The quantitative estimate of drug-likeness (QED) is 0.295. The number of guanidine groups is 1. The predicted octanol–water partition coefficient (Wildman–Crippen LogP) is -1.05. The largest absolute Gasteiger partial charge is 0.383 e. The molecule has 7 nitrogen and oxygen atoms in total. The van der Waals surface area contributed by atoms with Gasteiger partial charge in [-0.2, -0.15) is 0 Å². The van der Waals surface area contributed by atoms with Crippen LogP contribution in [0.2, 0.25) is 0 Å². The van der Waals surface area contributed by atoms with Crippen LogP contribution in [-0.2, 0) is 14.3 Å². The summed E-state index contributed by atoms with van der Waals surface area (Å²) in [5.41, 5.74) is 0. The van der Waals surface area contributed by atoms with Crippen LogP contribution in [0.4, 0.5) is 0 Å². The normalized spacial score (nSPS) is 13.0. The van der Waals surface area contributed by atoms with E-state index in [9.17, 15) is 4.79 Å². The van der Waals surface area contributed by atoms with Gasteiger partial charge in [-0.25, -0.2) is 0 Å². The molecular weight excluding hydrogens is 236 g/mol. The molecule has 0 bridgehead atoms. The van der Waals surface area contributed by atoms with Crippen molar-refractivity contribution in [1.29, 1.82) is 0 Å². The maximum Gasteiger partial charge on any atom is 0.239 e. The van der Waals surface area contributed by atoms with Gasteiger partial charge in [0, 0.05) is 33.9 Å². The number of ether oxygens (including phenoxy) is 2. The molecule has 0 aromatic carbocycles. The number of amides is 1. The zero-order valence-corrected chi connectivity index (χ0v) is 11.6. The number of nitrogens with one attached hydrogen (secondary N) is 3. The summed E-state index contributed by atoms with van der Waals surface area (Å²) < 4.78 is 9.84. The van der Waals surface area contributed by atoms with Crippen LogP contribution in [0.1, 0.15) is 6.92 Å². The first-order chi connectivity index (χ1) is 8.63. The zero-order chi connectivity index (χ0) is 13.8. The predicted molar refractivity (Wildman–Crippen MR) is 70.7 cm³/mol. The van der Waals surface area contributed by atoms with Crippen molar-refractivity contribution < 1.29 is 14.3 Å². The minimum atomic E-state index is -0.102. The van der Waals surface area contributed by atoms with E-state index in [1.165, 1.54) is 0 Å². The second-order valence-electron chi connectivity index (χ2n) is 3.77. The van der Waals surface area contributed by atoms with Gasteiger partial charge in [-0.3, -0.25) is 9.79 Å². The van der Waals surface area contributed by atoms with Gasteiger partial charge in [0.05, 0.1) is 19.8 Å². The molecular formula is C11H24N4O3. The first-order valence-electron chi connectivity index (χ1n) is 5.85. The molecule has 0 heterocycles. The zero-order valence-electron chi connectivity index (χ0n) is 11.6. The third kappa shape index (κ3) is 8.77. The minimum Gasteiger partial charge on any atom is -0.383 e. The molecule has 0 aromatic rings. The van der Waals surface area contributed by atoms with Crippen LogP contribution in [0, 0.1) is 0 Å². The van der Waals surface area contributed by atoms with Crippen molar-refractivity contribution in [3.8, 4) is 0 Å². The highest BCUT2D eigenvalue weighted by molar-refractivity contribution is 5.86. The molecule has 0 aliphatic rings. The highest BCUT2D eigenvalue weighted by Crippen LogP contribution is 1.82.